The molecule has 0 aliphatic heterocycles. The molecule has 0 N–H and O–H groups in total. The van der Waals surface area contributed by atoms with Crippen molar-refractivity contribution in [3.8, 4) is 5.75 Å². The number of rotatable bonds is 6. The van der Waals surface area contributed by atoms with E-state index in [0.717, 1.165) is 5.56 Å². The van der Waals surface area contributed by atoms with Gasteiger partial charge in [-0.1, -0.05) is 42.5 Å². The number of hydrogen-bond acceptors (Lipinski definition) is 3. The molecule has 2 aromatic carbocycles. The smallest absolute Gasteiger partial charge is 0.189 e. The number of carbonyl (C=O) groups excluding carboxylic acids is 1. The third-order valence-electron chi connectivity index (χ3n) is 3.33. The lowest BCUT2D eigenvalue weighted by Gasteiger charge is -2.09. The van der Waals surface area contributed by atoms with Crippen LogP contribution in [0.2, 0.25) is 0 Å². The predicted octanol–water partition coefficient (Wildman–Crippen LogP) is 4.75. The zero-order valence-electron chi connectivity index (χ0n) is 12.5. The summed E-state index contributed by atoms with van der Waals surface area (Å²) < 4.78 is 11.0. The monoisotopic (exact) mass is 304 g/mol. The molecule has 0 radical (unpaired) electrons. The first kappa shape index (κ1) is 14.9. The minimum absolute atomic E-state index is 0.120. The van der Waals surface area contributed by atoms with E-state index < -0.39 is 0 Å². The van der Waals surface area contributed by atoms with E-state index in [0.29, 0.717) is 23.7 Å². The van der Waals surface area contributed by atoms with Crippen molar-refractivity contribution in [2.45, 2.75) is 6.61 Å². The second-order valence-electron chi connectivity index (χ2n) is 4.98. The SMILES string of the molecule is O=C(/C=C\c1ccco1)c1ccccc1OCc1ccccc1. The van der Waals surface area contributed by atoms with Crippen LogP contribution in [-0.4, -0.2) is 5.78 Å². The van der Waals surface area contributed by atoms with Gasteiger partial charge in [-0.3, -0.25) is 4.79 Å². The summed E-state index contributed by atoms with van der Waals surface area (Å²) in [7, 11) is 0. The summed E-state index contributed by atoms with van der Waals surface area (Å²) in [5.74, 6) is 1.09. The Balaban J connectivity index is 1.73. The second kappa shape index (κ2) is 7.27. The largest absolute Gasteiger partial charge is 0.488 e. The Bertz CT molecular complexity index is 787. The summed E-state index contributed by atoms with van der Waals surface area (Å²) in [5, 5.41) is 0. The van der Waals surface area contributed by atoms with Crippen LogP contribution in [0.3, 0.4) is 0 Å². The molecule has 1 heterocycles. The molecule has 3 rings (SSSR count). The van der Waals surface area contributed by atoms with Crippen molar-refractivity contribution in [2.75, 3.05) is 0 Å². The van der Waals surface area contributed by atoms with E-state index in [1.165, 1.54) is 6.08 Å². The average molecular weight is 304 g/mol. The lowest BCUT2D eigenvalue weighted by atomic mass is 10.1. The van der Waals surface area contributed by atoms with Gasteiger partial charge in [0.15, 0.2) is 5.78 Å². The van der Waals surface area contributed by atoms with Crippen LogP contribution in [0.15, 0.2) is 83.5 Å². The van der Waals surface area contributed by atoms with Gasteiger partial charge in [0.2, 0.25) is 0 Å². The fraction of sp³-hybridized carbons (Fsp3) is 0.0500. The van der Waals surface area contributed by atoms with Crippen molar-refractivity contribution in [2.24, 2.45) is 0 Å². The molecule has 0 bridgehead atoms. The summed E-state index contributed by atoms with van der Waals surface area (Å²) in [6, 6.07) is 20.7. The van der Waals surface area contributed by atoms with Gasteiger partial charge in [-0.15, -0.1) is 0 Å². The molecule has 0 spiro atoms. The van der Waals surface area contributed by atoms with Crippen LogP contribution in [0.4, 0.5) is 0 Å². The summed E-state index contributed by atoms with van der Waals surface area (Å²) in [4.78, 5) is 12.4. The van der Waals surface area contributed by atoms with Crippen molar-refractivity contribution in [1.82, 2.24) is 0 Å². The Labute approximate surface area is 134 Å². The highest BCUT2D eigenvalue weighted by molar-refractivity contribution is 6.08. The zero-order chi connectivity index (χ0) is 15.9. The number of carbonyl (C=O) groups is 1. The quantitative estimate of drug-likeness (QED) is 0.487. The van der Waals surface area contributed by atoms with Crippen LogP contribution in [0.25, 0.3) is 6.08 Å². The minimum atomic E-state index is -0.120. The highest BCUT2D eigenvalue weighted by Crippen LogP contribution is 2.20. The number of hydrogen-bond donors (Lipinski definition) is 0. The van der Waals surface area contributed by atoms with Crippen molar-refractivity contribution >= 4 is 11.9 Å². The van der Waals surface area contributed by atoms with Gasteiger partial charge < -0.3 is 9.15 Å². The number of benzene rings is 2. The lowest BCUT2D eigenvalue weighted by molar-refractivity contribution is 0.104. The molecule has 3 nitrogen and oxygen atoms in total. The van der Waals surface area contributed by atoms with Crippen LogP contribution >= 0.6 is 0 Å². The zero-order valence-corrected chi connectivity index (χ0v) is 12.5. The van der Waals surface area contributed by atoms with E-state index in [1.54, 1.807) is 36.6 Å². The Morgan fingerprint density at radius 3 is 2.52 bits per heavy atom. The van der Waals surface area contributed by atoms with Crippen LogP contribution in [0, 0.1) is 0 Å². The standard InChI is InChI=1S/C20H16O3/c21-19(13-12-17-9-6-14-22-17)18-10-4-5-11-20(18)23-15-16-7-2-1-3-8-16/h1-14H,15H2/b13-12-. The van der Waals surface area contributed by atoms with E-state index >= 15 is 0 Å². The minimum Gasteiger partial charge on any atom is -0.488 e. The fourth-order valence-corrected chi connectivity index (χ4v) is 2.17. The van der Waals surface area contributed by atoms with Crippen LogP contribution in [0.5, 0.6) is 5.75 Å². The predicted molar refractivity (Wildman–Crippen MR) is 89.3 cm³/mol. The fourth-order valence-electron chi connectivity index (χ4n) is 2.17. The van der Waals surface area contributed by atoms with E-state index in [9.17, 15) is 4.79 Å². The Hall–Kier alpha value is -3.07. The first-order chi connectivity index (χ1) is 11.3. The van der Waals surface area contributed by atoms with E-state index in [1.807, 2.05) is 42.5 Å². The number of allylic oxidation sites excluding steroid dienone is 1. The van der Waals surface area contributed by atoms with Crippen LogP contribution in [0.1, 0.15) is 21.7 Å². The Morgan fingerprint density at radius 1 is 0.957 bits per heavy atom. The molecule has 0 amide bonds. The van der Waals surface area contributed by atoms with Gasteiger partial charge >= 0.3 is 0 Å². The van der Waals surface area contributed by atoms with Gasteiger partial charge in [-0.05, 0) is 42.0 Å². The molecule has 3 heteroatoms. The molecule has 0 unspecified atom stereocenters. The van der Waals surface area contributed by atoms with Crippen molar-refractivity contribution in [3.63, 3.8) is 0 Å². The molecule has 1 aromatic heterocycles. The normalized spacial score (nSPS) is 10.8. The number of para-hydroxylation sites is 1. The summed E-state index contributed by atoms with van der Waals surface area (Å²) >= 11 is 0. The molecule has 0 atom stereocenters. The maximum atomic E-state index is 12.4. The lowest BCUT2D eigenvalue weighted by Crippen LogP contribution is -2.02. The van der Waals surface area contributed by atoms with Gasteiger partial charge in [-0.25, -0.2) is 0 Å². The first-order valence-electron chi connectivity index (χ1n) is 7.34. The number of ketones is 1. The van der Waals surface area contributed by atoms with Crippen molar-refractivity contribution < 1.29 is 13.9 Å². The highest BCUT2D eigenvalue weighted by atomic mass is 16.5. The molecular weight excluding hydrogens is 288 g/mol. The third kappa shape index (κ3) is 3.98. The van der Waals surface area contributed by atoms with Crippen LogP contribution < -0.4 is 4.74 Å². The Morgan fingerprint density at radius 2 is 1.74 bits per heavy atom. The molecule has 3 aromatic rings. The first-order valence-corrected chi connectivity index (χ1v) is 7.34. The van der Waals surface area contributed by atoms with Gasteiger partial charge in [0.25, 0.3) is 0 Å². The molecule has 114 valence electrons. The molecule has 23 heavy (non-hydrogen) atoms. The van der Waals surface area contributed by atoms with Gasteiger partial charge in [-0.2, -0.15) is 0 Å². The summed E-state index contributed by atoms with van der Waals surface area (Å²) in [6.07, 6.45) is 4.71. The van der Waals surface area contributed by atoms with E-state index in [2.05, 4.69) is 0 Å². The molecule has 0 aliphatic rings. The summed E-state index contributed by atoms with van der Waals surface area (Å²) in [6.45, 7) is 0.424. The van der Waals surface area contributed by atoms with Gasteiger partial charge in [0.1, 0.15) is 18.1 Å². The van der Waals surface area contributed by atoms with Crippen LogP contribution in [-0.2, 0) is 6.61 Å². The number of furan rings is 1. The molecule has 0 saturated heterocycles. The third-order valence-corrected chi connectivity index (χ3v) is 3.33. The maximum absolute atomic E-state index is 12.4. The van der Waals surface area contributed by atoms with E-state index in [4.69, 9.17) is 9.15 Å². The van der Waals surface area contributed by atoms with Crippen molar-refractivity contribution in [3.05, 3.63) is 96.0 Å². The van der Waals surface area contributed by atoms with Gasteiger partial charge in [0.05, 0.1) is 11.8 Å². The number of ether oxygens (including phenoxy) is 1. The molecule has 0 fully saturated rings. The topological polar surface area (TPSA) is 39.4 Å². The van der Waals surface area contributed by atoms with E-state index in [-0.39, 0.29) is 5.78 Å². The Kier molecular flexibility index (Phi) is 4.69. The molecule has 0 saturated carbocycles. The highest BCUT2D eigenvalue weighted by Gasteiger charge is 2.09. The molecular formula is C20H16O3. The molecule has 0 aliphatic carbocycles. The van der Waals surface area contributed by atoms with Crippen molar-refractivity contribution in [1.29, 1.82) is 0 Å². The van der Waals surface area contributed by atoms with Gasteiger partial charge in [0, 0.05) is 0 Å². The second-order valence-corrected chi connectivity index (χ2v) is 4.98. The average Bonchev–Trinajstić information content (AvgIpc) is 3.12. The maximum Gasteiger partial charge on any atom is 0.189 e. The summed E-state index contributed by atoms with van der Waals surface area (Å²) in [5.41, 5.74) is 1.59.